The van der Waals surface area contributed by atoms with Gasteiger partial charge in [0, 0.05) is 23.8 Å². The molecule has 0 unspecified atom stereocenters. The minimum Gasteiger partial charge on any atom is -0.493 e. The molecule has 1 aliphatic carbocycles. The Morgan fingerprint density at radius 3 is 2.31 bits per heavy atom. The zero-order valence-corrected chi connectivity index (χ0v) is 18.0. The molecule has 9 heteroatoms. The molecule has 0 radical (unpaired) electrons. The van der Waals surface area contributed by atoms with Gasteiger partial charge in [-0.1, -0.05) is 31.0 Å². The summed E-state index contributed by atoms with van der Waals surface area (Å²) in [7, 11) is 4.77. The lowest BCUT2D eigenvalue weighted by atomic mass is 9.95. The third kappa shape index (κ3) is 4.77. The number of rotatable bonds is 9. The number of amides is 1. The SMILES string of the molecule is COc1cc(-c2nnc(SCCC(N)=O)n2C2CCCCC2)cc(OC)c1OC. The normalized spacial score (nSPS) is 14.6. The molecule has 1 heterocycles. The van der Waals surface area contributed by atoms with Gasteiger partial charge >= 0.3 is 0 Å². The minimum absolute atomic E-state index is 0.307. The Morgan fingerprint density at radius 2 is 1.76 bits per heavy atom. The lowest BCUT2D eigenvalue weighted by Gasteiger charge is -2.26. The molecule has 1 fully saturated rings. The van der Waals surface area contributed by atoms with Crippen LogP contribution in [-0.2, 0) is 4.79 Å². The van der Waals surface area contributed by atoms with E-state index < -0.39 is 0 Å². The quantitative estimate of drug-likeness (QED) is 0.620. The van der Waals surface area contributed by atoms with Crippen LogP contribution in [0.25, 0.3) is 11.4 Å². The number of hydrogen-bond acceptors (Lipinski definition) is 7. The Balaban J connectivity index is 2.04. The van der Waals surface area contributed by atoms with Crippen LogP contribution in [0.1, 0.15) is 44.6 Å². The van der Waals surface area contributed by atoms with Gasteiger partial charge in [-0.25, -0.2) is 0 Å². The maximum Gasteiger partial charge on any atom is 0.218 e. The number of carbonyl (C=O) groups excluding carboxylic acids is 1. The van der Waals surface area contributed by atoms with E-state index in [2.05, 4.69) is 14.8 Å². The van der Waals surface area contributed by atoms with Crippen LogP contribution in [0.5, 0.6) is 17.2 Å². The molecule has 2 aromatic rings. The molecular weight excluding hydrogens is 392 g/mol. The van der Waals surface area contributed by atoms with Crippen LogP contribution in [-0.4, -0.2) is 47.8 Å². The highest BCUT2D eigenvalue weighted by Crippen LogP contribution is 2.42. The molecule has 3 rings (SSSR count). The highest BCUT2D eigenvalue weighted by Gasteiger charge is 2.25. The van der Waals surface area contributed by atoms with E-state index in [-0.39, 0.29) is 5.91 Å². The van der Waals surface area contributed by atoms with Gasteiger partial charge in [0.25, 0.3) is 0 Å². The molecule has 0 bridgehead atoms. The summed E-state index contributed by atoms with van der Waals surface area (Å²) < 4.78 is 18.6. The van der Waals surface area contributed by atoms with Crippen molar-refractivity contribution in [1.82, 2.24) is 14.8 Å². The van der Waals surface area contributed by atoms with Gasteiger partial charge in [0.2, 0.25) is 11.7 Å². The average Bonchev–Trinajstić information content (AvgIpc) is 3.16. The summed E-state index contributed by atoms with van der Waals surface area (Å²) in [4.78, 5) is 11.1. The topological polar surface area (TPSA) is 101 Å². The maximum atomic E-state index is 11.1. The van der Waals surface area contributed by atoms with Crippen LogP contribution in [0.2, 0.25) is 0 Å². The summed E-state index contributed by atoms with van der Waals surface area (Å²) in [6, 6.07) is 4.11. The lowest BCUT2D eigenvalue weighted by Crippen LogP contribution is -2.16. The van der Waals surface area contributed by atoms with Gasteiger partial charge in [0.15, 0.2) is 22.5 Å². The summed E-state index contributed by atoms with van der Waals surface area (Å²) in [5.74, 6) is 2.71. The lowest BCUT2D eigenvalue weighted by molar-refractivity contribution is -0.117. The molecule has 0 atom stereocenters. The molecule has 1 saturated carbocycles. The minimum atomic E-state index is -0.314. The predicted octanol–water partition coefficient (Wildman–Crippen LogP) is 3.44. The smallest absolute Gasteiger partial charge is 0.218 e. The van der Waals surface area contributed by atoms with Gasteiger partial charge in [-0.2, -0.15) is 0 Å². The van der Waals surface area contributed by atoms with Gasteiger partial charge in [0.05, 0.1) is 21.3 Å². The van der Waals surface area contributed by atoms with Crippen LogP contribution in [0.3, 0.4) is 0 Å². The predicted molar refractivity (Wildman–Crippen MR) is 112 cm³/mol. The van der Waals surface area contributed by atoms with Crippen molar-refractivity contribution in [3.8, 4) is 28.6 Å². The zero-order chi connectivity index (χ0) is 20.8. The van der Waals surface area contributed by atoms with Gasteiger partial charge < -0.3 is 19.9 Å². The number of nitrogens with zero attached hydrogens (tertiary/aromatic N) is 3. The molecule has 1 aliphatic rings. The van der Waals surface area contributed by atoms with Crippen LogP contribution in [0.15, 0.2) is 17.3 Å². The van der Waals surface area contributed by atoms with Crippen molar-refractivity contribution in [3.63, 3.8) is 0 Å². The third-order valence-electron chi connectivity index (χ3n) is 5.11. The van der Waals surface area contributed by atoms with E-state index >= 15 is 0 Å². The van der Waals surface area contributed by atoms with Gasteiger partial charge in [0.1, 0.15) is 0 Å². The number of benzene rings is 1. The van der Waals surface area contributed by atoms with Crippen molar-refractivity contribution >= 4 is 17.7 Å². The monoisotopic (exact) mass is 420 g/mol. The number of ether oxygens (including phenoxy) is 3. The average molecular weight is 421 g/mol. The fourth-order valence-corrected chi connectivity index (χ4v) is 4.65. The Hall–Kier alpha value is -2.42. The first kappa shape index (κ1) is 21.3. The summed E-state index contributed by atoms with van der Waals surface area (Å²) in [6.45, 7) is 0. The van der Waals surface area contributed by atoms with Gasteiger partial charge in [-0.15, -0.1) is 10.2 Å². The molecule has 2 N–H and O–H groups in total. The Morgan fingerprint density at radius 1 is 1.10 bits per heavy atom. The second kappa shape index (κ2) is 9.87. The van der Waals surface area contributed by atoms with Crippen LogP contribution in [0.4, 0.5) is 0 Å². The number of hydrogen-bond donors (Lipinski definition) is 1. The highest BCUT2D eigenvalue weighted by atomic mass is 32.2. The van der Waals surface area contributed by atoms with Crippen LogP contribution in [0, 0.1) is 0 Å². The number of aromatic nitrogens is 3. The molecule has 8 nitrogen and oxygen atoms in total. The molecule has 1 aromatic heterocycles. The van der Waals surface area contributed by atoms with Crippen molar-refractivity contribution in [2.45, 2.75) is 49.7 Å². The summed E-state index contributed by atoms with van der Waals surface area (Å²) >= 11 is 1.51. The fourth-order valence-electron chi connectivity index (χ4n) is 3.69. The van der Waals surface area contributed by atoms with E-state index in [1.54, 1.807) is 21.3 Å². The Bertz CT molecular complexity index is 824. The number of primary amides is 1. The van der Waals surface area contributed by atoms with E-state index in [0.29, 0.717) is 35.5 Å². The Kier molecular flexibility index (Phi) is 7.24. The van der Waals surface area contributed by atoms with E-state index in [9.17, 15) is 4.79 Å². The van der Waals surface area contributed by atoms with Crippen LogP contribution >= 0.6 is 11.8 Å². The van der Waals surface area contributed by atoms with E-state index in [1.807, 2.05) is 12.1 Å². The first-order valence-electron chi connectivity index (χ1n) is 9.75. The number of methoxy groups -OCH3 is 3. The second-order valence-corrected chi connectivity index (χ2v) is 8.01. The van der Waals surface area contributed by atoms with E-state index in [4.69, 9.17) is 19.9 Å². The molecule has 0 aliphatic heterocycles. The fraction of sp³-hybridized carbons (Fsp3) is 0.550. The van der Waals surface area contributed by atoms with Crippen molar-refractivity contribution in [3.05, 3.63) is 12.1 Å². The highest BCUT2D eigenvalue weighted by molar-refractivity contribution is 7.99. The second-order valence-electron chi connectivity index (χ2n) is 6.95. The first-order chi connectivity index (χ1) is 14.1. The zero-order valence-electron chi connectivity index (χ0n) is 17.1. The van der Waals surface area contributed by atoms with E-state index in [0.717, 1.165) is 29.4 Å². The van der Waals surface area contributed by atoms with Gasteiger partial charge in [-0.3, -0.25) is 9.36 Å². The maximum absolute atomic E-state index is 11.1. The third-order valence-corrected chi connectivity index (χ3v) is 6.05. The summed E-state index contributed by atoms with van der Waals surface area (Å²) in [6.07, 6.45) is 6.09. The van der Waals surface area contributed by atoms with Crippen molar-refractivity contribution in [2.24, 2.45) is 5.73 Å². The molecule has 0 saturated heterocycles. The largest absolute Gasteiger partial charge is 0.493 e. The van der Waals surface area contributed by atoms with Crippen molar-refractivity contribution in [1.29, 1.82) is 0 Å². The van der Waals surface area contributed by atoms with E-state index in [1.165, 1.54) is 31.0 Å². The molecule has 1 aromatic carbocycles. The van der Waals surface area contributed by atoms with Crippen LogP contribution < -0.4 is 19.9 Å². The Labute approximate surface area is 175 Å². The standard InChI is InChI=1S/C20H28N4O4S/c1-26-15-11-13(12-16(27-2)18(15)28-3)19-22-23-20(29-10-9-17(21)25)24(19)14-7-5-4-6-8-14/h11-12,14H,4-10H2,1-3H3,(H2,21,25). The molecular formula is C20H28N4O4S. The number of thioether (sulfide) groups is 1. The molecule has 0 spiro atoms. The van der Waals surface area contributed by atoms with Crippen molar-refractivity contribution < 1.29 is 19.0 Å². The summed E-state index contributed by atoms with van der Waals surface area (Å²) in [5.41, 5.74) is 6.14. The number of nitrogens with two attached hydrogens (primary N) is 1. The molecule has 1 amide bonds. The summed E-state index contributed by atoms with van der Waals surface area (Å²) in [5, 5.41) is 9.73. The van der Waals surface area contributed by atoms with Crippen molar-refractivity contribution in [2.75, 3.05) is 27.1 Å². The van der Waals surface area contributed by atoms with Gasteiger partial charge in [-0.05, 0) is 25.0 Å². The first-order valence-corrected chi connectivity index (χ1v) is 10.7. The molecule has 158 valence electrons. The number of carbonyl (C=O) groups is 1. The molecule has 29 heavy (non-hydrogen) atoms.